The summed E-state index contributed by atoms with van der Waals surface area (Å²) >= 11 is 5.09. The Hall–Kier alpha value is -4.05. The summed E-state index contributed by atoms with van der Waals surface area (Å²) in [7, 11) is 0. The molecule has 3 rings (SSSR count). The van der Waals surface area contributed by atoms with Crippen molar-refractivity contribution in [2.24, 2.45) is 0 Å². The standard InChI is InChI=1S/C20H14N2O7S/c23-16(24)10-29-14-6-4-11(5-7-14)8-15-17(25)21-20(30)22(18(15)26)13-3-1-2-12(9-13)19(27)28/h1-9H,10H2,(H,23,24)(H,27,28)(H,21,25,30). The number of rotatable bonds is 6. The maximum atomic E-state index is 12.9. The highest BCUT2D eigenvalue weighted by Crippen LogP contribution is 2.23. The van der Waals surface area contributed by atoms with E-state index < -0.39 is 30.4 Å². The Morgan fingerprint density at radius 1 is 1.10 bits per heavy atom. The second kappa shape index (κ2) is 8.53. The number of carboxylic acid groups (broad SMARTS) is 2. The summed E-state index contributed by atoms with van der Waals surface area (Å²) in [4.78, 5) is 48.1. The zero-order chi connectivity index (χ0) is 21.8. The van der Waals surface area contributed by atoms with Gasteiger partial charge in [0.1, 0.15) is 11.3 Å². The number of nitrogens with one attached hydrogen (secondary N) is 1. The van der Waals surface area contributed by atoms with Crippen LogP contribution in [0.1, 0.15) is 15.9 Å². The number of carbonyl (C=O) groups is 4. The van der Waals surface area contributed by atoms with Gasteiger partial charge in [0.2, 0.25) is 0 Å². The molecule has 152 valence electrons. The topological polar surface area (TPSA) is 133 Å². The molecular weight excluding hydrogens is 412 g/mol. The Labute approximate surface area is 175 Å². The lowest BCUT2D eigenvalue weighted by Gasteiger charge is -2.29. The Balaban J connectivity index is 1.89. The van der Waals surface area contributed by atoms with E-state index in [-0.39, 0.29) is 21.9 Å². The van der Waals surface area contributed by atoms with Crippen LogP contribution in [-0.2, 0) is 14.4 Å². The molecule has 9 nitrogen and oxygen atoms in total. The minimum Gasteiger partial charge on any atom is -0.482 e. The molecule has 1 aliphatic heterocycles. The summed E-state index contributed by atoms with van der Waals surface area (Å²) in [6.45, 7) is -0.497. The molecule has 0 saturated carbocycles. The van der Waals surface area contributed by atoms with Crippen LogP contribution in [0.15, 0.2) is 54.1 Å². The minimum atomic E-state index is -1.17. The van der Waals surface area contributed by atoms with Crippen molar-refractivity contribution in [1.29, 1.82) is 0 Å². The van der Waals surface area contributed by atoms with E-state index in [0.29, 0.717) is 11.3 Å². The Morgan fingerprint density at radius 3 is 2.43 bits per heavy atom. The van der Waals surface area contributed by atoms with Gasteiger partial charge in [-0.25, -0.2) is 9.59 Å². The Morgan fingerprint density at radius 2 is 1.80 bits per heavy atom. The fourth-order valence-electron chi connectivity index (χ4n) is 2.64. The van der Waals surface area contributed by atoms with E-state index in [1.54, 1.807) is 12.1 Å². The van der Waals surface area contributed by atoms with Gasteiger partial charge in [-0.2, -0.15) is 0 Å². The highest BCUT2D eigenvalue weighted by molar-refractivity contribution is 7.80. The summed E-state index contributed by atoms with van der Waals surface area (Å²) in [5.74, 6) is -3.38. The number of hydrogen-bond donors (Lipinski definition) is 3. The van der Waals surface area contributed by atoms with Crippen molar-refractivity contribution in [3.63, 3.8) is 0 Å². The molecule has 0 bridgehead atoms. The van der Waals surface area contributed by atoms with Crippen molar-refractivity contribution in [3.8, 4) is 5.75 Å². The average Bonchev–Trinajstić information content (AvgIpc) is 2.70. The average molecular weight is 426 g/mol. The van der Waals surface area contributed by atoms with Crippen LogP contribution in [0.4, 0.5) is 5.69 Å². The molecule has 1 fully saturated rings. The van der Waals surface area contributed by atoms with Crippen molar-refractivity contribution in [2.45, 2.75) is 0 Å². The van der Waals surface area contributed by atoms with E-state index in [1.807, 2.05) is 0 Å². The van der Waals surface area contributed by atoms with E-state index in [2.05, 4.69) is 5.32 Å². The fourth-order valence-corrected chi connectivity index (χ4v) is 2.92. The first-order chi connectivity index (χ1) is 14.3. The predicted molar refractivity (Wildman–Crippen MR) is 109 cm³/mol. The number of anilines is 1. The molecule has 1 heterocycles. The molecule has 0 aromatic heterocycles. The number of ether oxygens (including phenoxy) is 1. The van der Waals surface area contributed by atoms with Gasteiger partial charge in [-0.15, -0.1) is 0 Å². The molecule has 2 amide bonds. The number of carbonyl (C=O) groups excluding carboxylic acids is 2. The molecular formula is C20H14N2O7S. The first kappa shape index (κ1) is 20.7. The third-order valence-electron chi connectivity index (χ3n) is 4.01. The number of hydrogen-bond acceptors (Lipinski definition) is 6. The van der Waals surface area contributed by atoms with E-state index in [4.69, 9.17) is 27.2 Å². The monoisotopic (exact) mass is 426 g/mol. The quantitative estimate of drug-likeness (QED) is 0.361. The van der Waals surface area contributed by atoms with Crippen molar-refractivity contribution in [1.82, 2.24) is 5.32 Å². The third kappa shape index (κ3) is 4.50. The van der Waals surface area contributed by atoms with Crippen LogP contribution in [-0.4, -0.2) is 45.7 Å². The van der Waals surface area contributed by atoms with Crippen LogP contribution in [0.25, 0.3) is 6.08 Å². The van der Waals surface area contributed by atoms with Gasteiger partial charge >= 0.3 is 11.9 Å². The summed E-state index contributed by atoms with van der Waals surface area (Å²) in [5.41, 5.74) is 0.447. The number of thiocarbonyl (C=S) groups is 1. The van der Waals surface area contributed by atoms with Crippen molar-refractivity contribution in [3.05, 3.63) is 65.2 Å². The van der Waals surface area contributed by atoms with Gasteiger partial charge in [-0.1, -0.05) is 18.2 Å². The van der Waals surface area contributed by atoms with Crippen molar-refractivity contribution in [2.75, 3.05) is 11.5 Å². The number of carboxylic acids is 2. The lowest BCUT2D eigenvalue weighted by atomic mass is 10.1. The van der Waals surface area contributed by atoms with Gasteiger partial charge in [-0.05, 0) is 54.2 Å². The maximum absolute atomic E-state index is 12.9. The van der Waals surface area contributed by atoms with Crippen LogP contribution in [0.2, 0.25) is 0 Å². The molecule has 1 saturated heterocycles. The molecule has 30 heavy (non-hydrogen) atoms. The molecule has 0 unspecified atom stereocenters. The van der Waals surface area contributed by atoms with Crippen LogP contribution < -0.4 is 15.0 Å². The van der Waals surface area contributed by atoms with E-state index in [9.17, 15) is 19.2 Å². The molecule has 0 radical (unpaired) electrons. The van der Waals surface area contributed by atoms with Gasteiger partial charge < -0.3 is 14.9 Å². The predicted octanol–water partition coefficient (Wildman–Crippen LogP) is 1.68. The van der Waals surface area contributed by atoms with Crippen molar-refractivity contribution >= 4 is 52.8 Å². The summed E-state index contributed by atoms with van der Waals surface area (Å²) in [6.07, 6.45) is 1.34. The van der Waals surface area contributed by atoms with Gasteiger partial charge in [-0.3, -0.25) is 19.8 Å². The molecule has 0 atom stereocenters. The first-order valence-electron chi connectivity index (χ1n) is 8.46. The van der Waals surface area contributed by atoms with E-state index in [0.717, 1.165) is 4.90 Å². The van der Waals surface area contributed by atoms with Crippen molar-refractivity contribution < 1.29 is 34.1 Å². The van der Waals surface area contributed by atoms with Gasteiger partial charge in [0.15, 0.2) is 11.7 Å². The summed E-state index contributed by atoms with van der Waals surface area (Å²) in [5, 5.41) is 20.0. The lowest BCUT2D eigenvalue weighted by molar-refractivity contribution is -0.139. The number of aromatic carboxylic acids is 1. The highest BCUT2D eigenvalue weighted by atomic mass is 32.1. The van der Waals surface area contributed by atoms with Gasteiger partial charge in [0.25, 0.3) is 11.8 Å². The Bertz CT molecular complexity index is 1090. The van der Waals surface area contributed by atoms with Crippen LogP contribution in [0.3, 0.4) is 0 Å². The Kier molecular flexibility index (Phi) is 5.88. The van der Waals surface area contributed by atoms with Crippen LogP contribution >= 0.6 is 12.2 Å². The first-order valence-corrected chi connectivity index (χ1v) is 8.86. The fraction of sp³-hybridized carbons (Fsp3) is 0.0500. The lowest BCUT2D eigenvalue weighted by Crippen LogP contribution is -2.54. The SMILES string of the molecule is O=C(O)COc1ccc(C=C2C(=O)NC(=S)N(c3cccc(C(=O)O)c3)C2=O)cc1. The molecule has 10 heteroatoms. The molecule has 2 aromatic carbocycles. The summed E-state index contributed by atoms with van der Waals surface area (Å²) in [6, 6.07) is 11.7. The highest BCUT2D eigenvalue weighted by Gasteiger charge is 2.34. The third-order valence-corrected chi connectivity index (χ3v) is 4.29. The smallest absolute Gasteiger partial charge is 0.341 e. The minimum absolute atomic E-state index is 0.0394. The molecule has 0 aliphatic carbocycles. The maximum Gasteiger partial charge on any atom is 0.341 e. The largest absolute Gasteiger partial charge is 0.482 e. The zero-order valence-electron chi connectivity index (χ0n) is 15.2. The number of nitrogens with zero attached hydrogens (tertiary/aromatic N) is 1. The van der Waals surface area contributed by atoms with E-state index in [1.165, 1.54) is 42.5 Å². The normalized spacial score (nSPS) is 15.1. The number of benzene rings is 2. The number of aliphatic carboxylic acids is 1. The molecule has 0 spiro atoms. The van der Waals surface area contributed by atoms with E-state index >= 15 is 0 Å². The molecule has 1 aliphatic rings. The van der Waals surface area contributed by atoms with Crippen LogP contribution in [0.5, 0.6) is 5.75 Å². The van der Waals surface area contributed by atoms with Crippen LogP contribution in [0, 0.1) is 0 Å². The van der Waals surface area contributed by atoms with Gasteiger partial charge in [0, 0.05) is 0 Å². The summed E-state index contributed by atoms with van der Waals surface area (Å²) < 4.78 is 5.03. The second-order valence-corrected chi connectivity index (χ2v) is 6.45. The molecule has 3 N–H and O–H groups in total. The van der Waals surface area contributed by atoms with Gasteiger partial charge in [0.05, 0.1) is 11.3 Å². The second-order valence-electron chi connectivity index (χ2n) is 6.06. The zero-order valence-corrected chi connectivity index (χ0v) is 16.0. The molecule has 2 aromatic rings. The number of amides is 2.